The average molecular weight is 449 g/mol. The van der Waals surface area contributed by atoms with Crippen molar-refractivity contribution in [3.8, 4) is 0 Å². The van der Waals surface area contributed by atoms with Crippen molar-refractivity contribution in [2.75, 3.05) is 19.7 Å². The monoisotopic (exact) mass is 448 g/mol. The van der Waals surface area contributed by atoms with Crippen molar-refractivity contribution >= 4 is 18.1 Å². The molecular formula is C26H28N2O5. The van der Waals surface area contributed by atoms with Gasteiger partial charge in [0.25, 0.3) is 0 Å². The van der Waals surface area contributed by atoms with Crippen molar-refractivity contribution in [3.05, 3.63) is 71.3 Å². The highest BCUT2D eigenvalue weighted by Crippen LogP contribution is 2.52. The van der Waals surface area contributed by atoms with Gasteiger partial charge in [-0.15, -0.1) is 0 Å². The van der Waals surface area contributed by atoms with Crippen LogP contribution in [-0.4, -0.2) is 58.7 Å². The molecule has 1 spiro atoms. The Morgan fingerprint density at radius 3 is 2.45 bits per heavy atom. The summed E-state index contributed by atoms with van der Waals surface area (Å²) in [6, 6.07) is 17.7. The molecule has 2 saturated heterocycles. The largest absolute Gasteiger partial charge is 0.465 e. The second-order valence-corrected chi connectivity index (χ2v) is 9.43. The zero-order chi connectivity index (χ0) is 23.0. The molecule has 7 heteroatoms. The highest BCUT2D eigenvalue weighted by Gasteiger charge is 2.47. The molecule has 2 aromatic carbocycles. The molecule has 2 heterocycles. The standard InChI is InChI=1S/C26H28N2O5/c29-23(28-20(17-33-25(28)32)14-18-6-2-1-3-7-18)15-19-16-26(22-9-5-4-8-21(19)22)10-12-27(13-11-26)24(30)31/h1-9,19-20H,10-17H2,(H,30,31). The van der Waals surface area contributed by atoms with E-state index in [0.29, 0.717) is 19.5 Å². The van der Waals surface area contributed by atoms with Crippen LogP contribution in [0, 0.1) is 0 Å². The summed E-state index contributed by atoms with van der Waals surface area (Å²) in [7, 11) is 0. The molecule has 1 N–H and O–H groups in total. The Kier molecular flexibility index (Phi) is 5.56. The van der Waals surface area contributed by atoms with Gasteiger partial charge in [-0.1, -0.05) is 54.6 Å². The Labute approximate surface area is 192 Å². The number of carbonyl (C=O) groups excluding carboxylic acids is 2. The number of benzene rings is 2. The molecule has 5 rings (SSSR count). The molecule has 2 aromatic rings. The second-order valence-electron chi connectivity index (χ2n) is 9.43. The number of piperidine rings is 1. The average Bonchev–Trinajstić information content (AvgIpc) is 3.33. The van der Waals surface area contributed by atoms with E-state index < -0.39 is 12.2 Å². The van der Waals surface area contributed by atoms with Crippen LogP contribution in [0.2, 0.25) is 0 Å². The third-order valence-corrected chi connectivity index (χ3v) is 7.57. The fraction of sp³-hybridized carbons (Fsp3) is 0.423. The predicted octanol–water partition coefficient (Wildman–Crippen LogP) is 4.17. The van der Waals surface area contributed by atoms with E-state index in [1.165, 1.54) is 15.4 Å². The lowest BCUT2D eigenvalue weighted by molar-refractivity contribution is -0.129. The van der Waals surface area contributed by atoms with Crippen LogP contribution in [0.5, 0.6) is 0 Å². The lowest BCUT2D eigenvalue weighted by Crippen LogP contribution is -2.44. The first kappa shape index (κ1) is 21.5. The summed E-state index contributed by atoms with van der Waals surface area (Å²) in [4.78, 5) is 40.0. The molecule has 0 bridgehead atoms. The quantitative estimate of drug-likeness (QED) is 0.759. The molecule has 2 atom stereocenters. The van der Waals surface area contributed by atoms with Crippen molar-refractivity contribution < 1.29 is 24.2 Å². The number of fused-ring (bicyclic) bond motifs is 2. The van der Waals surface area contributed by atoms with Crippen LogP contribution < -0.4 is 0 Å². The number of imide groups is 1. The fourth-order valence-electron chi connectivity index (χ4n) is 5.92. The fourth-order valence-corrected chi connectivity index (χ4v) is 5.92. The van der Waals surface area contributed by atoms with Crippen LogP contribution in [0.15, 0.2) is 54.6 Å². The lowest BCUT2D eigenvalue weighted by Gasteiger charge is -2.39. The van der Waals surface area contributed by atoms with Gasteiger partial charge in [0.05, 0.1) is 6.04 Å². The minimum atomic E-state index is -0.875. The molecule has 3 amide bonds. The molecule has 0 saturated carbocycles. The number of likely N-dealkylation sites (tertiary alicyclic amines) is 1. The summed E-state index contributed by atoms with van der Waals surface area (Å²) >= 11 is 0. The number of carboxylic acid groups (broad SMARTS) is 1. The molecule has 7 nitrogen and oxygen atoms in total. The van der Waals surface area contributed by atoms with Gasteiger partial charge in [-0.05, 0) is 53.7 Å². The van der Waals surface area contributed by atoms with E-state index in [1.807, 2.05) is 42.5 Å². The summed E-state index contributed by atoms with van der Waals surface area (Å²) in [5.74, 6) is -0.186. The van der Waals surface area contributed by atoms with E-state index in [1.54, 1.807) is 0 Å². The Hall–Kier alpha value is -3.35. The number of cyclic esters (lactones) is 1. The van der Waals surface area contributed by atoms with Gasteiger partial charge in [-0.25, -0.2) is 14.5 Å². The molecular weight excluding hydrogens is 420 g/mol. The Morgan fingerprint density at radius 2 is 1.73 bits per heavy atom. The molecule has 2 fully saturated rings. The zero-order valence-corrected chi connectivity index (χ0v) is 18.5. The molecule has 1 aliphatic carbocycles. The third-order valence-electron chi connectivity index (χ3n) is 7.57. The summed E-state index contributed by atoms with van der Waals surface area (Å²) in [6.07, 6.45) is 1.71. The normalized spacial score (nSPS) is 23.5. The number of hydrogen-bond acceptors (Lipinski definition) is 4. The molecule has 172 valence electrons. The molecule has 33 heavy (non-hydrogen) atoms. The van der Waals surface area contributed by atoms with E-state index in [9.17, 15) is 19.5 Å². The van der Waals surface area contributed by atoms with Crippen LogP contribution in [0.4, 0.5) is 9.59 Å². The highest BCUT2D eigenvalue weighted by atomic mass is 16.6. The van der Waals surface area contributed by atoms with Gasteiger partial charge in [0.1, 0.15) is 6.61 Å². The van der Waals surface area contributed by atoms with E-state index in [2.05, 4.69) is 12.1 Å². The number of hydrogen-bond donors (Lipinski definition) is 1. The van der Waals surface area contributed by atoms with Gasteiger partial charge in [0.2, 0.25) is 5.91 Å². The summed E-state index contributed by atoms with van der Waals surface area (Å²) in [5.41, 5.74) is 3.34. The van der Waals surface area contributed by atoms with Crippen molar-refractivity contribution in [2.24, 2.45) is 0 Å². The van der Waals surface area contributed by atoms with Crippen LogP contribution in [0.1, 0.15) is 48.3 Å². The van der Waals surface area contributed by atoms with Crippen LogP contribution >= 0.6 is 0 Å². The molecule has 0 radical (unpaired) electrons. The van der Waals surface area contributed by atoms with E-state index >= 15 is 0 Å². The highest BCUT2D eigenvalue weighted by molar-refractivity contribution is 5.94. The van der Waals surface area contributed by atoms with Gasteiger partial charge in [0.15, 0.2) is 0 Å². The number of ether oxygens (including phenoxy) is 1. The van der Waals surface area contributed by atoms with Crippen molar-refractivity contribution in [1.29, 1.82) is 0 Å². The summed E-state index contributed by atoms with van der Waals surface area (Å²) < 4.78 is 5.25. The van der Waals surface area contributed by atoms with Gasteiger partial charge in [-0.3, -0.25) is 4.79 Å². The topological polar surface area (TPSA) is 87.2 Å². The second kappa shape index (κ2) is 8.54. The first-order chi connectivity index (χ1) is 16.0. The minimum absolute atomic E-state index is 0.0100. The van der Waals surface area contributed by atoms with Crippen molar-refractivity contribution in [3.63, 3.8) is 0 Å². The number of amides is 3. The maximum absolute atomic E-state index is 13.4. The van der Waals surface area contributed by atoms with Crippen LogP contribution in [-0.2, 0) is 21.4 Å². The Balaban J connectivity index is 1.33. The van der Waals surface area contributed by atoms with Gasteiger partial charge in [0, 0.05) is 19.5 Å². The first-order valence-electron chi connectivity index (χ1n) is 11.6. The third kappa shape index (κ3) is 3.96. The SMILES string of the molecule is O=C(O)N1CCC2(CC1)CC(CC(=O)N1C(=O)OCC1Cc1ccccc1)c1ccccc12. The summed E-state index contributed by atoms with van der Waals surface area (Å²) in [5, 5.41) is 9.34. The van der Waals surface area contributed by atoms with E-state index in [0.717, 1.165) is 30.4 Å². The lowest BCUT2D eigenvalue weighted by atomic mass is 9.73. The van der Waals surface area contributed by atoms with Crippen molar-refractivity contribution in [2.45, 2.75) is 49.5 Å². The van der Waals surface area contributed by atoms with Gasteiger partial charge in [-0.2, -0.15) is 0 Å². The predicted molar refractivity (Wildman–Crippen MR) is 121 cm³/mol. The van der Waals surface area contributed by atoms with E-state index in [-0.39, 0.29) is 36.3 Å². The molecule has 3 aliphatic rings. The Morgan fingerprint density at radius 1 is 1.03 bits per heavy atom. The molecule has 2 unspecified atom stereocenters. The maximum Gasteiger partial charge on any atom is 0.416 e. The summed E-state index contributed by atoms with van der Waals surface area (Å²) in [6.45, 7) is 1.22. The van der Waals surface area contributed by atoms with E-state index in [4.69, 9.17) is 4.74 Å². The maximum atomic E-state index is 13.4. The zero-order valence-electron chi connectivity index (χ0n) is 18.5. The number of nitrogens with zero attached hydrogens (tertiary/aromatic N) is 2. The minimum Gasteiger partial charge on any atom is -0.465 e. The van der Waals surface area contributed by atoms with Gasteiger partial charge >= 0.3 is 12.2 Å². The molecule has 2 aliphatic heterocycles. The van der Waals surface area contributed by atoms with Crippen molar-refractivity contribution in [1.82, 2.24) is 9.80 Å². The van der Waals surface area contributed by atoms with Gasteiger partial charge < -0.3 is 14.7 Å². The molecule has 0 aromatic heterocycles. The number of rotatable bonds is 4. The van der Waals surface area contributed by atoms with Crippen LogP contribution in [0.3, 0.4) is 0 Å². The van der Waals surface area contributed by atoms with Crippen LogP contribution in [0.25, 0.3) is 0 Å². The first-order valence-corrected chi connectivity index (χ1v) is 11.6. The number of carbonyl (C=O) groups is 3. The Bertz CT molecular complexity index is 1060. The smallest absolute Gasteiger partial charge is 0.416 e.